The van der Waals surface area contributed by atoms with Crippen LogP contribution in [-0.4, -0.2) is 37.2 Å². The van der Waals surface area contributed by atoms with E-state index in [1.165, 1.54) is 51.4 Å². The van der Waals surface area contributed by atoms with Gasteiger partial charge in [-0.15, -0.1) is 0 Å². The number of ether oxygens (including phenoxy) is 3. The molecule has 6 heteroatoms. The van der Waals surface area contributed by atoms with Gasteiger partial charge in [-0.2, -0.15) is 0 Å². The van der Waals surface area contributed by atoms with Gasteiger partial charge in [-0.05, 0) is 116 Å². The third-order valence-electron chi connectivity index (χ3n) is 11.5. The van der Waals surface area contributed by atoms with Crippen LogP contribution in [0.4, 0.5) is 0 Å². The van der Waals surface area contributed by atoms with Crippen molar-refractivity contribution in [2.75, 3.05) is 13.2 Å². The first kappa shape index (κ1) is 64.1. The quantitative estimate of drug-likeness (QED) is 0.0262. The van der Waals surface area contributed by atoms with E-state index < -0.39 is 6.10 Å². The Morgan fingerprint density at radius 2 is 0.529 bits per heavy atom. The van der Waals surface area contributed by atoms with Crippen molar-refractivity contribution in [2.24, 2.45) is 0 Å². The van der Waals surface area contributed by atoms with Gasteiger partial charge >= 0.3 is 17.9 Å². The van der Waals surface area contributed by atoms with Gasteiger partial charge in [-0.1, -0.05) is 220 Å². The lowest BCUT2D eigenvalue weighted by Gasteiger charge is -2.18. The van der Waals surface area contributed by atoms with Crippen LogP contribution in [0.1, 0.15) is 245 Å². The van der Waals surface area contributed by atoms with E-state index in [4.69, 9.17) is 14.2 Å². The standard InChI is InChI=1S/C62H102O6/c1-4-7-10-13-16-19-22-25-27-29-31-33-35-37-40-43-46-49-52-55-61(64)67-58-59(57-66-60(63)54-51-48-45-42-39-24-21-18-15-12-9-6-3)68-62(65)56-53-50-47-44-41-38-36-34-32-30-28-26-23-20-17-14-11-8-5-2/h7-12,16-21,25-28,31,33,59H,4-6,13-15,22-24,29-30,32,34-58H2,1-3H3/b10-7-,11-8-,12-9-,19-16-,20-17-,21-18-,27-25-,28-26-,33-31-. The molecule has 68 heavy (non-hydrogen) atoms. The number of esters is 3. The lowest BCUT2D eigenvalue weighted by atomic mass is 10.1. The first-order valence-corrected chi connectivity index (χ1v) is 27.9. The summed E-state index contributed by atoms with van der Waals surface area (Å²) in [4.78, 5) is 38.1. The molecule has 0 aliphatic carbocycles. The smallest absolute Gasteiger partial charge is 0.306 e. The lowest BCUT2D eigenvalue weighted by Crippen LogP contribution is -2.30. The number of hydrogen-bond donors (Lipinski definition) is 0. The zero-order valence-electron chi connectivity index (χ0n) is 44.1. The molecular weight excluding hydrogens is 841 g/mol. The Morgan fingerprint density at radius 1 is 0.294 bits per heavy atom. The van der Waals surface area contributed by atoms with Crippen LogP contribution in [0.15, 0.2) is 109 Å². The van der Waals surface area contributed by atoms with E-state index >= 15 is 0 Å². The highest BCUT2D eigenvalue weighted by atomic mass is 16.6. The second-order valence-electron chi connectivity index (χ2n) is 18.0. The van der Waals surface area contributed by atoms with E-state index in [1.54, 1.807) is 0 Å². The molecule has 1 atom stereocenters. The molecule has 0 heterocycles. The summed E-state index contributed by atoms with van der Waals surface area (Å²) in [5, 5.41) is 0. The maximum absolute atomic E-state index is 12.9. The van der Waals surface area contributed by atoms with Gasteiger partial charge in [-0.3, -0.25) is 14.4 Å². The van der Waals surface area contributed by atoms with E-state index in [-0.39, 0.29) is 31.1 Å². The van der Waals surface area contributed by atoms with Crippen LogP contribution >= 0.6 is 0 Å². The number of hydrogen-bond acceptors (Lipinski definition) is 6. The van der Waals surface area contributed by atoms with Gasteiger partial charge in [0, 0.05) is 19.3 Å². The molecule has 0 saturated heterocycles. The molecule has 0 saturated carbocycles. The fourth-order valence-corrected chi connectivity index (χ4v) is 7.43. The highest BCUT2D eigenvalue weighted by Crippen LogP contribution is 2.15. The summed E-state index contributed by atoms with van der Waals surface area (Å²) in [6, 6.07) is 0. The van der Waals surface area contributed by atoms with Gasteiger partial charge in [0.05, 0.1) is 0 Å². The molecule has 0 aromatic heterocycles. The fourth-order valence-electron chi connectivity index (χ4n) is 7.43. The molecule has 0 aromatic carbocycles. The SMILES string of the molecule is CC/C=C\C/C=C\C/C=C\C/C=C\CCCCCCCCC(=O)OCC(COC(=O)CCCCCCC/C=C\C/C=C\CC)OC(=O)CCCCCCCCCCC/C=C\C/C=C\C/C=C\CC. The first-order chi connectivity index (χ1) is 33.5. The van der Waals surface area contributed by atoms with Crippen LogP contribution in [-0.2, 0) is 28.6 Å². The van der Waals surface area contributed by atoms with Gasteiger partial charge in [0.15, 0.2) is 6.10 Å². The average molecular weight is 943 g/mol. The van der Waals surface area contributed by atoms with Crippen molar-refractivity contribution in [3.05, 3.63) is 109 Å². The van der Waals surface area contributed by atoms with Crippen LogP contribution < -0.4 is 0 Å². The Hall–Kier alpha value is -3.93. The summed E-state index contributed by atoms with van der Waals surface area (Å²) >= 11 is 0. The number of carbonyl (C=O) groups is 3. The molecule has 0 aliphatic heterocycles. The van der Waals surface area contributed by atoms with Gasteiger partial charge < -0.3 is 14.2 Å². The second-order valence-corrected chi connectivity index (χ2v) is 18.0. The van der Waals surface area contributed by atoms with Gasteiger partial charge in [0.2, 0.25) is 0 Å². The van der Waals surface area contributed by atoms with Crippen LogP contribution in [0.25, 0.3) is 0 Å². The van der Waals surface area contributed by atoms with Crippen molar-refractivity contribution in [2.45, 2.75) is 252 Å². The maximum atomic E-state index is 12.9. The largest absolute Gasteiger partial charge is 0.462 e. The summed E-state index contributed by atoms with van der Waals surface area (Å²) in [5.74, 6) is -0.928. The lowest BCUT2D eigenvalue weighted by molar-refractivity contribution is -0.167. The zero-order chi connectivity index (χ0) is 49.3. The van der Waals surface area contributed by atoms with E-state index in [9.17, 15) is 14.4 Å². The monoisotopic (exact) mass is 943 g/mol. The molecular formula is C62H102O6. The summed E-state index contributed by atoms with van der Waals surface area (Å²) in [5.41, 5.74) is 0. The van der Waals surface area contributed by atoms with E-state index in [0.29, 0.717) is 19.3 Å². The molecule has 1 unspecified atom stereocenters. The van der Waals surface area contributed by atoms with Crippen LogP contribution in [0, 0.1) is 0 Å². The van der Waals surface area contributed by atoms with Crippen molar-refractivity contribution in [3.63, 3.8) is 0 Å². The summed E-state index contributed by atoms with van der Waals surface area (Å²) in [6.45, 7) is 6.28. The van der Waals surface area contributed by atoms with Crippen LogP contribution in [0.5, 0.6) is 0 Å². The predicted molar refractivity (Wildman–Crippen MR) is 293 cm³/mol. The van der Waals surface area contributed by atoms with Crippen molar-refractivity contribution in [3.8, 4) is 0 Å². The second kappa shape index (κ2) is 55.7. The minimum atomic E-state index is -0.795. The minimum Gasteiger partial charge on any atom is -0.462 e. The van der Waals surface area contributed by atoms with Gasteiger partial charge in [0.1, 0.15) is 13.2 Å². The Morgan fingerprint density at radius 3 is 0.824 bits per heavy atom. The summed E-state index contributed by atoms with van der Waals surface area (Å²) in [7, 11) is 0. The number of unbranched alkanes of at least 4 members (excludes halogenated alkanes) is 20. The highest BCUT2D eigenvalue weighted by Gasteiger charge is 2.19. The third-order valence-corrected chi connectivity index (χ3v) is 11.5. The average Bonchev–Trinajstić information content (AvgIpc) is 3.34. The number of allylic oxidation sites excluding steroid dienone is 18. The maximum Gasteiger partial charge on any atom is 0.306 e. The van der Waals surface area contributed by atoms with Gasteiger partial charge in [0.25, 0.3) is 0 Å². The molecule has 386 valence electrons. The van der Waals surface area contributed by atoms with Crippen LogP contribution in [0.3, 0.4) is 0 Å². The van der Waals surface area contributed by atoms with E-state index in [0.717, 1.165) is 154 Å². The number of carbonyl (C=O) groups excluding carboxylic acids is 3. The van der Waals surface area contributed by atoms with Crippen molar-refractivity contribution in [1.29, 1.82) is 0 Å². The van der Waals surface area contributed by atoms with E-state index in [2.05, 4.69) is 130 Å². The fraction of sp³-hybridized carbons (Fsp3) is 0.661. The predicted octanol–water partition coefficient (Wildman–Crippen LogP) is 18.7. The molecule has 6 nitrogen and oxygen atoms in total. The third kappa shape index (κ3) is 53.0. The topological polar surface area (TPSA) is 78.9 Å². The Bertz CT molecular complexity index is 1410. The van der Waals surface area contributed by atoms with Crippen molar-refractivity contribution < 1.29 is 28.6 Å². The highest BCUT2D eigenvalue weighted by molar-refractivity contribution is 5.71. The summed E-state index contributed by atoms with van der Waals surface area (Å²) in [6.07, 6.45) is 75.0. The molecule has 0 N–H and O–H groups in total. The molecule has 0 aliphatic rings. The molecule has 0 fully saturated rings. The van der Waals surface area contributed by atoms with Gasteiger partial charge in [-0.25, -0.2) is 0 Å². The normalized spacial score (nSPS) is 12.9. The van der Waals surface area contributed by atoms with Crippen LogP contribution in [0.2, 0.25) is 0 Å². The Balaban J connectivity index is 4.41. The Kier molecular flexibility index (Phi) is 52.4. The van der Waals surface area contributed by atoms with Crippen molar-refractivity contribution >= 4 is 17.9 Å². The number of rotatable bonds is 49. The van der Waals surface area contributed by atoms with E-state index in [1.807, 2.05) is 0 Å². The molecule has 0 aromatic rings. The molecule has 0 bridgehead atoms. The molecule has 0 radical (unpaired) electrons. The summed E-state index contributed by atoms with van der Waals surface area (Å²) < 4.78 is 16.8. The molecule has 0 spiro atoms. The van der Waals surface area contributed by atoms with Crippen molar-refractivity contribution in [1.82, 2.24) is 0 Å². The molecule has 0 rings (SSSR count). The minimum absolute atomic E-state index is 0.0939. The Labute approximate surface area is 419 Å². The zero-order valence-corrected chi connectivity index (χ0v) is 44.1. The molecule has 0 amide bonds. The first-order valence-electron chi connectivity index (χ1n) is 27.9.